The van der Waals surface area contributed by atoms with Crippen molar-refractivity contribution in [3.63, 3.8) is 0 Å². The van der Waals surface area contributed by atoms with Gasteiger partial charge in [0.2, 0.25) is 0 Å². The van der Waals surface area contributed by atoms with Crippen LogP contribution in [0.5, 0.6) is 0 Å². The second-order valence-electron chi connectivity index (χ2n) is 5.18. The van der Waals surface area contributed by atoms with Gasteiger partial charge in [0.25, 0.3) is 0 Å². The molecule has 3 aromatic rings. The first-order valence-corrected chi connectivity index (χ1v) is 7.57. The predicted octanol–water partition coefficient (Wildman–Crippen LogP) is 4.08. The highest BCUT2D eigenvalue weighted by Gasteiger charge is 2.20. The van der Waals surface area contributed by atoms with Crippen LogP contribution in [-0.4, -0.2) is 19.3 Å². The molecule has 0 aliphatic heterocycles. The lowest BCUT2D eigenvalue weighted by Gasteiger charge is -2.11. The lowest BCUT2D eigenvalue weighted by Crippen LogP contribution is -2.09. The number of halogens is 2. The molecule has 2 heterocycles. The number of hydrogen-bond donors (Lipinski definition) is 0. The Bertz CT molecular complexity index is 784. The molecule has 0 aliphatic rings. The van der Waals surface area contributed by atoms with Crippen LogP contribution in [0.2, 0.25) is 5.02 Å². The molecule has 3 rings (SSSR count). The summed E-state index contributed by atoms with van der Waals surface area (Å²) >= 11 is 12.2. The van der Waals surface area contributed by atoms with Gasteiger partial charge in [-0.05, 0) is 31.5 Å². The van der Waals surface area contributed by atoms with E-state index in [1.54, 1.807) is 0 Å². The first kappa shape index (κ1) is 14.4. The molecule has 0 saturated heterocycles. The highest BCUT2D eigenvalue weighted by Crippen LogP contribution is 2.27. The van der Waals surface area contributed by atoms with Crippen LogP contribution in [0.4, 0.5) is 0 Å². The van der Waals surface area contributed by atoms with Crippen LogP contribution >= 0.6 is 23.2 Å². The minimum Gasteiger partial charge on any atom is -0.307 e. The summed E-state index contributed by atoms with van der Waals surface area (Å²) < 4.78 is 3.98. The first-order chi connectivity index (χ1) is 9.97. The summed E-state index contributed by atoms with van der Waals surface area (Å²) in [5, 5.41) is 5.01. The molecule has 0 aliphatic carbocycles. The maximum atomic E-state index is 6.30. The minimum atomic E-state index is -0.163. The molecular formula is C15H16Cl2N4. The second kappa shape index (κ2) is 5.35. The molecular weight excluding hydrogens is 307 g/mol. The van der Waals surface area contributed by atoms with E-state index in [4.69, 9.17) is 23.2 Å². The highest BCUT2D eigenvalue weighted by atomic mass is 35.5. The summed E-state index contributed by atoms with van der Waals surface area (Å²) in [6, 6.07) is 7.81. The lowest BCUT2D eigenvalue weighted by molar-refractivity contribution is 0.686. The fourth-order valence-corrected chi connectivity index (χ4v) is 2.88. The van der Waals surface area contributed by atoms with Gasteiger partial charge in [-0.3, -0.25) is 4.68 Å². The third-order valence-electron chi connectivity index (χ3n) is 3.53. The molecule has 0 bridgehead atoms. The van der Waals surface area contributed by atoms with Gasteiger partial charge in [0.15, 0.2) is 5.65 Å². The number of hydrogen-bond acceptors (Lipinski definition) is 2. The number of rotatable bonds is 3. The molecule has 0 radical (unpaired) electrons. The summed E-state index contributed by atoms with van der Waals surface area (Å²) in [4.78, 5) is 4.67. The van der Waals surface area contributed by atoms with Crippen LogP contribution in [-0.2, 0) is 13.6 Å². The Balaban J connectivity index is 2.14. The molecule has 0 saturated carbocycles. The van der Waals surface area contributed by atoms with Crippen molar-refractivity contribution >= 4 is 34.4 Å². The van der Waals surface area contributed by atoms with E-state index in [0.717, 1.165) is 33.3 Å². The molecule has 21 heavy (non-hydrogen) atoms. The largest absolute Gasteiger partial charge is 0.307 e. The minimum absolute atomic E-state index is 0.163. The number of imidazole rings is 1. The van der Waals surface area contributed by atoms with Gasteiger partial charge in [-0.2, -0.15) is 5.10 Å². The maximum absolute atomic E-state index is 6.30. The molecule has 1 atom stereocenters. The van der Waals surface area contributed by atoms with Gasteiger partial charge in [-0.25, -0.2) is 4.98 Å². The van der Waals surface area contributed by atoms with Gasteiger partial charge < -0.3 is 4.57 Å². The van der Waals surface area contributed by atoms with Crippen molar-refractivity contribution in [2.75, 3.05) is 0 Å². The number of fused-ring (bicyclic) bond motifs is 1. The Morgan fingerprint density at radius 2 is 1.90 bits per heavy atom. The van der Waals surface area contributed by atoms with Crippen molar-refractivity contribution in [1.82, 2.24) is 19.3 Å². The van der Waals surface area contributed by atoms with Gasteiger partial charge in [0.05, 0.1) is 17.6 Å². The molecule has 110 valence electrons. The zero-order chi connectivity index (χ0) is 15.1. The average Bonchev–Trinajstić information content (AvgIpc) is 2.93. The van der Waals surface area contributed by atoms with Crippen molar-refractivity contribution in [1.29, 1.82) is 0 Å². The molecule has 1 unspecified atom stereocenters. The molecule has 4 nitrogen and oxygen atoms in total. The monoisotopic (exact) mass is 322 g/mol. The van der Waals surface area contributed by atoms with E-state index in [1.807, 2.05) is 49.8 Å². The van der Waals surface area contributed by atoms with E-state index >= 15 is 0 Å². The van der Waals surface area contributed by atoms with E-state index in [0.29, 0.717) is 6.54 Å². The molecule has 0 spiro atoms. The summed E-state index contributed by atoms with van der Waals surface area (Å²) in [7, 11) is 1.93. The topological polar surface area (TPSA) is 35.6 Å². The van der Waals surface area contributed by atoms with Crippen molar-refractivity contribution in [3.8, 4) is 0 Å². The van der Waals surface area contributed by atoms with Gasteiger partial charge in [-0.1, -0.05) is 23.7 Å². The summed E-state index contributed by atoms with van der Waals surface area (Å²) in [5.41, 5.74) is 3.97. The zero-order valence-corrected chi connectivity index (χ0v) is 13.7. The third-order valence-corrected chi connectivity index (χ3v) is 3.98. The normalized spacial score (nSPS) is 13.0. The van der Waals surface area contributed by atoms with E-state index in [1.165, 1.54) is 0 Å². The van der Waals surface area contributed by atoms with Gasteiger partial charge in [0, 0.05) is 12.1 Å². The Morgan fingerprint density at radius 3 is 2.52 bits per heavy atom. The van der Waals surface area contributed by atoms with Crippen LogP contribution < -0.4 is 0 Å². The SMILES string of the molecule is Cc1nn(C)c2c1nc(C(C)Cl)n2Cc1ccc(Cl)cc1. The predicted molar refractivity (Wildman–Crippen MR) is 86.1 cm³/mol. The van der Waals surface area contributed by atoms with E-state index in [9.17, 15) is 0 Å². The molecule has 0 N–H and O–H groups in total. The summed E-state index contributed by atoms with van der Waals surface area (Å²) in [6.45, 7) is 4.59. The zero-order valence-electron chi connectivity index (χ0n) is 12.1. The van der Waals surface area contributed by atoms with Gasteiger partial charge >= 0.3 is 0 Å². The number of aromatic nitrogens is 4. The van der Waals surface area contributed by atoms with E-state index in [-0.39, 0.29) is 5.38 Å². The molecule has 0 fully saturated rings. The number of nitrogens with zero attached hydrogens (tertiary/aromatic N) is 4. The van der Waals surface area contributed by atoms with Crippen LogP contribution in [0.25, 0.3) is 11.2 Å². The van der Waals surface area contributed by atoms with Crippen LogP contribution in [0.1, 0.15) is 29.4 Å². The molecule has 0 amide bonds. The number of alkyl halides is 1. The van der Waals surface area contributed by atoms with Crippen LogP contribution in [0.3, 0.4) is 0 Å². The maximum Gasteiger partial charge on any atom is 0.159 e. The third kappa shape index (κ3) is 2.54. The second-order valence-corrected chi connectivity index (χ2v) is 6.27. The van der Waals surface area contributed by atoms with Crippen LogP contribution in [0, 0.1) is 6.92 Å². The van der Waals surface area contributed by atoms with Gasteiger partial charge in [0.1, 0.15) is 11.3 Å². The average molecular weight is 323 g/mol. The Labute approximate surface area is 133 Å². The van der Waals surface area contributed by atoms with Crippen LogP contribution in [0.15, 0.2) is 24.3 Å². The first-order valence-electron chi connectivity index (χ1n) is 6.75. The molecule has 2 aromatic heterocycles. The highest BCUT2D eigenvalue weighted by molar-refractivity contribution is 6.30. The Hall–Kier alpha value is -1.52. The smallest absolute Gasteiger partial charge is 0.159 e. The standard InChI is InChI=1S/C15H16Cl2N4/c1-9(16)14-18-13-10(2)19-20(3)15(13)21(14)8-11-4-6-12(17)7-5-11/h4-7,9H,8H2,1-3H3. The van der Waals surface area contributed by atoms with Crippen molar-refractivity contribution in [2.45, 2.75) is 25.8 Å². The van der Waals surface area contributed by atoms with E-state index < -0.39 is 0 Å². The summed E-state index contributed by atoms with van der Waals surface area (Å²) in [5.74, 6) is 0.859. The van der Waals surface area contributed by atoms with Crippen molar-refractivity contribution in [3.05, 3.63) is 46.4 Å². The number of benzene rings is 1. The molecule has 1 aromatic carbocycles. The van der Waals surface area contributed by atoms with Crippen molar-refractivity contribution in [2.24, 2.45) is 7.05 Å². The lowest BCUT2D eigenvalue weighted by atomic mass is 10.2. The Kier molecular flexibility index (Phi) is 3.68. The fraction of sp³-hybridized carbons (Fsp3) is 0.333. The fourth-order valence-electron chi connectivity index (χ4n) is 2.58. The Morgan fingerprint density at radius 1 is 1.24 bits per heavy atom. The molecule has 6 heteroatoms. The van der Waals surface area contributed by atoms with Crippen molar-refractivity contribution < 1.29 is 0 Å². The number of aryl methyl sites for hydroxylation is 2. The van der Waals surface area contributed by atoms with E-state index in [2.05, 4.69) is 14.6 Å². The quantitative estimate of drug-likeness (QED) is 0.681. The summed E-state index contributed by atoms with van der Waals surface area (Å²) in [6.07, 6.45) is 0. The van der Waals surface area contributed by atoms with Gasteiger partial charge in [-0.15, -0.1) is 11.6 Å².